The summed E-state index contributed by atoms with van der Waals surface area (Å²) in [6.45, 7) is 0. The van der Waals surface area contributed by atoms with Crippen LogP contribution in [-0.2, 0) is 0 Å². The number of carbonyl (C=O) groups is 1. The van der Waals surface area contributed by atoms with Crippen LogP contribution in [0.5, 0.6) is 0 Å². The Hall–Kier alpha value is -1.82. The Balaban J connectivity index is 2.06. The molecule has 1 aliphatic carbocycles. The maximum Gasteiger partial charge on any atom is 0.256 e. The van der Waals surface area contributed by atoms with Crippen molar-refractivity contribution < 1.29 is 4.79 Å². The molecule has 1 saturated carbocycles. The zero-order chi connectivity index (χ0) is 12.7. The fraction of sp³-hybridized carbons (Fsp3) is 0.364. The summed E-state index contributed by atoms with van der Waals surface area (Å²) in [6.07, 6.45) is 3.60. The van der Waals surface area contributed by atoms with Crippen LogP contribution in [0.15, 0.2) is 12.3 Å². The van der Waals surface area contributed by atoms with Crippen molar-refractivity contribution in [2.24, 2.45) is 0 Å². The molecule has 18 heavy (non-hydrogen) atoms. The van der Waals surface area contributed by atoms with Gasteiger partial charge in [0.25, 0.3) is 5.91 Å². The van der Waals surface area contributed by atoms with Gasteiger partial charge in [-0.3, -0.25) is 4.79 Å². The summed E-state index contributed by atoms with van der Waals surface area (Å²) in [7, 11) is 1.76. The highest BCUT2D eigenvalue weighted by Crippen LogP contribution is 2.22. The zero-order valence-corrected chi connectivity index (χ0v) is 10.5. The van der Waals surface area contributed by atoms with E-state index >= 15 is 0 Å². The zero-order valence-electron chi connectivity index (χ0n) is 9.77. The second kappa shape index (κ2) is 4.13. The molecule has 94 valence electrons. The predicted octanol–water partition coefficient (Wildman–Crippen LogP) is 1.32. The number of nitrogens with one attached hydrogen (secondary N) is 2. The van der Waals surface area contributed by atoms with Crippen molar-refractivity contribution in [3.63, 3.8) is 0 Å². The number of fused-ring (bicyclic) bond motifs is 1. The molecule has 2 aromatic heterocycles. The number of rotatable bonds is 3. The molecule has 3 rings (SSSR count). The number of hydrogen-bond acceptors (Lipinski definition) is 4. The first kappa shape index (κ1) is 11.3. The maximum absolute atomic E-state index is 12.0. The Morgan fingerprint density at radius 1 is 1.56 bits per heavy atom. The fourth-order valence-corrected chi connectivity index (χ4v) is 1.95. The Labute approximate surface area is 108 Å². The van der Waals surface area contributed by atoms with Gasteiger partial charge in [-0.25, -0.2) is 4.98 Å². The number of hydrogen-bond donors (Lipinski definition) is 2. The standard InChI is InChI=1S/C11H12ClN5O/c1-13-9-4-8(12)16-10-7(5-14-17(9)10)11(18)15-6-2-3-6/h4-6,13H,2-3H2,1H3,(H,15,18). The van der Waals surface area contributed by atoms with Gasteiger partial charge in [0.05, 0.1) is 6.20 Å². The van der Waals surface area contributed by atoms with Gasteiger partial charge in [0.2, 0.25) is 0 Å². The highest BCUT2D eigenvalue weighted by atomic mass is 35.5. The van der Waals surface area contributed by atoms with Gasteiger partial charge >= 0.3 is 0 Å². The topological polar surface area (TPSA) is 71.3 Å². The minimum atomic E-state index is -0.149. The van der Waals surface area contributed by atoms with Crippen LogP contribution in [0.3, 0.4) is 0 Å². The van der Waals surface area contributed by atoms with Gasteiger partial charge in [0.15, 0.2) is 5.65 Å². The Morgan fingerprint density at radius 3 is 3.00 bits per heavy atom. The molecule has 0 aromatic carbocycles. The lowest BCUT2D eigenvalue weighted by molar-refractivity contribution is 0.0952. The largest absolute Gasteiger partial charge is 0.373 e. The highest BCUT2D eigenvalue weighted by Gasteiger charge is 2.26. The molecule has 0 saturated heterocycles. The van der Waals surface area contributed by atoms with E-state index < -0.39 is 0 Å². The third-order valence-corrected chi connectivity index (χ3v) is 3.05. The Morgan fingerprint density at radius 2 is 2.33 bits per heavy atom. The summed E-state index contributed by atoms with van der Waals surface area (Å²) in [5, 5.41) is 10.3. The first-order chi connectivity index (χ1) is 8.69. The van der Waals surface area contributed by atoms with E-state index in [2.05, 4.69) is 20.7 Å². The van der Waals surface area contributed by atoms with E-state index in [1.54, 1.807) is 17.6 Å². The molecule has 1 fully saturated rings. The van der Waals surface area contributed by atoms with E-state index in [1.807, 2.05) is 0 Å². The van der Waals surface area contributed by atoms with E-state index in [0.717, 1.165) is 12.8 Å². The van der Waals surface area contributed by atoms with Gasteiger partial charge < -0.3 is 10.6 Å². The SMILES string of the molecule is CNc1cc(Cl)nc2c(C(=O)NC3CC3)cnn12. The molecule has 0 radical (unpaired) electrons. The predicted molar refractivity (Wildman–Crippen MR) is 68.0 cm³/mol. The summed E-state index contributed by atoms with van der Waals surface area (Å²) in [6, 6.07) is 1.96. The van der Waals surface area contributed by atoms with Gasteiger partial charge in [-0.2, -0.15) is 9.61 Å². The number of halogens is 1. The second-order valence-corrected chi connectivity index (χ2v) is 4.64. The van der Waals surface area contributed by atoms with Crippen LogP contribution in [0.1, 0.15) is 23.2 Å². The van der Waals surface area contributed by atoms with Crippen LogP contribution in [0.2, 0.25) is 5.15 Å². The van der Waals surface area contributed by atoms with E-state index in [4.69, 9.17) is 11.6 Å². The molecule has 0 atom stereocenters. The van der Waals surface area contributed by atoms with Gasteiger partial charge in [0.1, 0.15) is 16.5 Å². The fourth-order valence-electron chi connectivity index (χ4n) is 1.76. The van der Waals surface area contributed by atoms with Gasteiger partial charge in [-0.15, -0.1) is 0 Å². The van der Waals surface area contributed by atoms with Crippen molar-refractivity contribution in [3.8, 4) is 0 Å². The molecule has 0 bridgehead atoms. The number of amides is 1. The van der Waals surface area contributed by atoms with Gasteiger partial charge in [0, 0.05) is 19.2 Å². The van der Waals surface area contributed by atoms with Crippen molar-refractivity contribution in [1.29, 1.82) is 0 Å². The molecular weight excluding hydrogens is 254 g/mol. The van der Waals surface area contributed by atoms with Crippen molar-refractivity contribution in [2.45, 2.75) is 18.9 Å². The minimum Gasteiger partial charge on any atom is -0.373 e. The summed E-state index contributed by atoms with van der Waals surface area (Å²) in [4.78, 5) is 16.2. The number of anilines is 1. The number of nitrogens with zero attached hydrogens (tertiary/aromatic N) is 3. The van der Waals surface area contributed by atoms with Crippen LogP contribution in [0.4, 0.5) is 5.82 Å². The van der Waals surface area contributed by atoms with Crippen LogP contribution in [0.25, 0.3) is 5.65 Å². The molecule has 2 heterocycles. The molecule has 2 aromatic rings. The molecule has 1 amide bonds. The lowest BCUT2D eigenvalue weighted by Gasteiger charge is -2.05. The number of carbonyl (C=O) groups excluding carboxylic acids is 1. The lowest BCUT2D eigenvalue weighted by atomic mass is 10.3. The van der Waals surface area contributed by atoms with Crippen molar-refractivity contribution >= 4 is 29.0 Å². The quantitative estimate of drug-likeness (QED) is 0.821. The monoisotopic (exact) mass is 265 g/mol. The minimum absolute atomic E-state index is 0.149. The molecular formula is C11H12ClN5O. The molecule has 0 aliphatic heterocycles. The van der Waals surface area contributed by atoms with Crippen LogP contribution in [-0.4, -0.2) is 33.6 Å². The molecule has 2 N–H and O–H groups in total. The second-order valence-electron chi connectivity index (χ2n) is 4.26. The Bertz CT molecular complexity index is 619. The number of aromatic nitrogens is 3. The third-order valence-electron chi connectivity index (χ3n) is 2.85. The van der Waals surface area contributed by atoms with Gasteiger partial charge in [-0.1, -0.05) is 11.6 Å². The highest BCUT2D eigenvalue weighted by molar-refractivity contribution is 6.29. The lowest BCUT2D eigenvalue weighted by Crippen LogP contribution is -2.25. The average molecular weight is 266 g/mol. The van der Waals surface area contributed by atoms with Crippen LogP contribution in [0, 0.1) is 0 Å². The van der Waals surface area contributed by atoms with Crippen molar-refractivity contribution in [1.82, 2.24) is 19.9 Å². The first-order valence-electron chi connectivity index (χ1n) is 5.72. The molecule has 6 nitrogen and oxygen atoms in total. The van der Waals surface area contributed by atoms with E-state index in [0.29, 0.717) is 28.2 Å². The molecule has 0 unspecified atom stereocenters. The van der Waals surface area contributed by atoms with Gasteiger partial charge in [-0.05, 0) is 12.8 Å². The first-order valence-corrected chi connectivity index (χ1v) is 6.09. The van der Waals surface area contributed by atoms with Crippen LogP contribution >= 0.6 is 11.6 Å². The third kappa shape index (κ3) is 1.88. The molecule has 7 heteroatoms. The maximum atomic E-state index is 12.0. The summed E-state index contributed by atoms with van der Waals surface area (Å²) in [5.74, 6) is 0.541. The average Bonchev–Trinajstić information content (AvgIpc) is 3.05. The smallest absolute Gasteiger partial charge is 0.256 e. The molecule has 1 aliphatic rings. The van der Waals surface area contributed by atoms with E-state index in [1.165, 1.54) is 6.20 Å². The Kier molecular flexibility index (Phi) is 2.59. The summed E-state index contributed by atoms with van der Waals surface area (Å²) < 4.78 is 1.56. The summed E-state index contributed by atoms with van der Waals surface area (Å²) >= 11 is 5.93. The van der Waals surface area contributed by atoms with E-state index in [9.17, 15) is 4.79 Å². The summed E-state index contributed by atoms with van der Waals surface area (Å²) in [5.41, 5.74) is 0.908. The van der Waals surface area contributed by atoms with Crippen LogP contribution < -0.4 is 10.6 Å². The van der Waals surface area contributed by atoms with Crippen molar-refractivity contribution in [3.05, 3.63) is 23.0 Å². The van der Waals surface area contributed by atoms with E-state index in [-0.39, 0.29) is 5.91 Å². The van der Waals surface area contributed by atoms with Crippen molar-refractivity contribution in [2.75, 3.05) is 12.4 Å². The normalized spacial score (nSPS) is 14.8. The molecule has 0 spiro atoms.